The van der Waals surface area contributed by atoms with Gasteiger partial charge in [-0.15, -0.1) is 10.2 Å². The van der Waals surface area contributed by atoms with Gasteiger partial charge in [0.15, 0.2) is 5.82 Å². The Morgan fingerprint density at radius 3 is 2.50 bits per heavy atom. The molecule has 0 saturated heterocycles. The minimum absolute atomic E-state index is 0.172. The number of halogens is 1. The van der Waals surface area contributed by atoms with Gasteiger partial charge in [0.2, 0.25) is 10.0 Å². The van der Waals surface area contributed by atoms with E-state index in [4.69, 9.17) is 11.6 Å². The molecule has 0 fully saturated rings. The number of rotatable bonds is 8. The average molecular weight is 419 g/mol. The Morgan fingerprint density at radius 2 is 1.79 bits per heavy atom. The van der Waals surface area contributed by atoms with Crippen molar-refractivity contribution in [3.63, 3.8) is 0 Å². The van der Waals surface area contributed by atoms with E-state index < -0.39 is 10.0 Å². The number of pyridine rings is 1. The monoisotopic (exact) mass is 418 g/mol. The van der Waals surface area contributed by atoms with Gasteiger partial charge in [-0.3, -0.25) is 4.98 Å². The van der Waals surface area contributed by atoms with E-state index in [0.29, 0.717) is 28.8 Å². The lowest BCUT2D eigenvalue weighted by atomic mass is 10.2. The van der Waals surface area contributed by atoms with Crippen LogP contribution in [0.1, 0.15) is 5.56 Å². The molecule has 0 atom stereocenters. The normalized spacial score (nSPS) is 11.2. The number of hydrogen-bond acceptors (Lipinski definition) is 7. The van der Waals surface area contributed by atoms with Gasteiger partial charge in [-0.25, -0.2) is 13.1 Å². The highest BCUT2D eigenvalue weighted by atomic mass is 35.5. The highest BCUT2D eigenvalue weighted by Crippen LogP contribution is 2.22. The van der Waals surface area contributed by atoms with Gasteiger partial charge in [0, 0.05) is 24.3 Å². The fourth-order valence-electron chi connectivity index (χ4n) is 2.41. The first-order valence-electron chi connectivity index (χ1n) is 8.45. The molecule has 3 N–H and O–H groups in total. The van der Waals surface area contributed by atoms with Crippen molar-refractivity contribution < 1.29 is 8.42 Å². The molecule has 0 aliphatic carbocycles. The molecular formula is C18H19ClN6O2S. The van der Waals surface area contributed by atoms with Crippen LogP contribution in [0, 0.1) is 6.92 Å². The molecule has 3 aromatic rings. The second-order valence-corrected chi connectivity index (χ2v) is 8.00. The van der Waals surface area contributed by atoms with Crippen LogP contribution in [-0.2, 0) is 10.0 Å². The Balaban J connectivity index is 1.50. The quantitative estimate of drug-likeness (QED) is 0.482. The largest absolute Gasteiger partial charge is 0.367 e. The number of sulfonamides is 1. The summed E-state index contributed by atoms with van der Waals surface area (Å²) in [6, 6.07) is 12.0. The molecule has 0 bridgehead atoms. The third kappa shape index (κ3) is 5.16. The van der Waals surface area contributed by atoms with Gasteiger partial charge in [0.25, 0.3) is 0 Å². The van der Waals surface area contributed by atoms with E-state index >= 15 is 0 Å². The molecule has 10 heteroatoms. The van der Waals surface area contributed by atoms with Gasteiger partial charge < -0.3 is 10.6 Å². The summed E-state index contributed by atoms with van der Waals surface area (Å²) in [6.45, 7) is 2.21. The molecule has 0 radical (unpaired) electrons. The van der Waals surface area contributed by atoms with Crippen molar-refractivity contribution in [2.75, 3.05) is 23.7 Å². The van der Waals surface area contributed by atoms with Gasteiger partial charge in [0.05, 0.1) is 16.8 Å². The molecule has 8 nitrogen and oxygen atoms in total. The zero-order valence-corrected chi connectivity index (χ0v) is 16.6. The van der Waals surface area contributed by atoms with Gasteiger partial charge in [0.1, 0.15) is 5.82 Å². The molecule has 0 aliphatic heterocycles. The molecule has 28 heavy (non-hydrogen) atoms. The summed E-state index contributed by atoms with van der Waals surface area (Å²) in [6.07, 6.45) is 3.37. The topological polar surface area (TPSA) is 109 Å². The van der Waals surface area contributed by atoms with Crippen LogP contribution in [0.15, 0.2) is 59.8 Å². The van der Waals surface area contributed by atoms with Crippen LogP contribution in [0.3, 0.4) is 0 Å². The molecule has 1 aromatic carbocycles. The molecule has 3 rings (SSSR count). The summed E-state index contributed by atoms with van der Waals surface area (Å²) in [5.41, 5.74) is 1.33. The van der Waals surface area contributed by atoms with E-state index in [-0.39, 0.29) is 11.4 Å². The van der Waals surface area contributed by atoms with E-state index in [1.807, 2.05) is 12.1 Å². The summed E-state index contributed by atoms with van der Waals surface area (Å²) in [4.78, 5) is 4.19. The number of anilines is 3. The molecule has 0 spiro atoms. The third-order valence-electron chi connectivity index (χ3n) is 3.83. The molecule has 2 heterocycles. The van der Waals surface area contributed by atoms with E-state index in [2.05, 4.69) is 30.5 Å². The number of nitrogens with one attached hydrogen (secondary N) is 3. The molecule has 2 aromatic heterocycles. The number of aromatic nitrogens is 3. The third-order valence-corrected chi connectivity index (χ3v) is 5.84. The fraction of sp³-hybridized carbons (Fsp3) is 0.167. The summed E-state index contributed by atoms with van der Waals surface area (Å²) in [5.74, 6) is 1.12. The number of benzene rings is 1. The maximum Gasteiger partial charge on any atom is 0.240 e. The molecular weight excluding hydrogens is 400 g/mol. The molecule has 0 unspecified atom stereocenters. The standard InChI is InChI=1S/C18H19ClN6O2S/c1-13-15(19)5-2-6-16(13)28(26,27)22-11-10-21-17-7-8-18(25-24-17)23-14-4-3-9-20-12-14/h2-9,12,22H,10-11H2,1H3,(H,21,24)(H,23,25). The van der Waals surface area contributed by atoms with Crippen molar-refractivity contribution in [3.05, 3.63) is 65.4 Å². The Kier molecular flexibility index (Phi) is 6.40. The zero-order valence-electron chi connectivity index (χ0n) is 15.1. The van der Waals surface area contributed by atoms with Crippen LogP contribution in [0.4, 0.5) is 17.3 Å². The van der Waals surface area contributed by atoms with Crippen LogP contribution in [0.25, 0.3) is 0 Å². The van der Waals surface area contributed by atoms with E-state index in [1.165, 1.54) is 6.07 Å². The highest BCUT2D eigenvalue weighted by molar-refractivity contribution is 7.89. The molecule has 0 amide bonds. The van der Waals surface area contributed by atoms with Gasteiger partial charge in [-0.05, 0) is 48.9 Å². The van der Waals surface area contributed by atoms with E-state index in [0.717, 1.165) is 5.69 Å². The van der Waals surface area contributed by atoms with Gasteiger partial charge in [-0.1, -0.05) is 17.7 Å². The summed E-state index contributed by atoms with van der Waals surface area (Å²) < 4.78 is 27.3. The second-order valence-electron chi connectivity index (χ2n) is 5.86. The van der Waals surface area contributed by atoms with Crippen LogP contribution < -0.4 is 15.4 Å². The first-order chi connectivity index (χ1) is 13.5. The van der Waals surface area contributed by atoms with Crippen LogP contribution in [0.2, 0.25) is 5.02 Å². The predicted molar refractivity (Wildman–Crippen MR) is 109 cm³/mol. The molecule has 146 valence electrons. The maximum absolute atomic E-state index is 12.4. The van der Waals surface area contributed by atoms with Crippen molar-refractivity contribution in [2.24, 2.45) is 0 Å². The van der Waals surface area contributed by atoms with E-state index in [1.54, 1.807) is 43.6 Å². The first kappa shape index (κ1) is 20.0. The van der Waals surface area contributed by atoms with Crippen LogP contribution in [-0.4, -0.2) is 36.7 Å². The number of hydrogen-bond donors (Lipinski definition) is 3. The van der Waals surface area contributed by atoms with Crippen molar-refractivity contribution in [3.8, 4) is 0 Å². The SMILES string of the molecule is Cc1c(Cl)cccc1S(=O)(=O)NCCNc1ccc(Nc2cccnc2)nn1. The highest BCUT2D eigenvalue weighted by Gasteiger charge is 2.17. The molecule has 0 aliphatic rings. The Morgan fingerprint density at radius 1 is 1.00 bits per heavy atom. The van der Waals surface area contributed by atoms with Crippen molar-refractivity contribution >= 4 is 38.9 Å². The Bertz CT molecular complexity index is 1030. The van der Waals surface area contributed by atoms with Gasteiger partial charge >= 0.3 is 0 Å². The number of nitrogens with zero attached hydrogens (tertiary/aromatic N) is 3. The smallest absolute Gasteiger partial charge is 0.240 e. The first-order valence-corrected chi connectivity index (χ1v) is 10.3. The van der Waals surface area contributed by atoms with Crippen molar-refractivity contribution in [1.82, 2.24) is 19.9 Å². The summed E-state index contributed by atoms with van der Waals surface area (Å²) in [5, 5.41) is 14.6. The predicted octanol–water partition coefficient (Wildman–Crippen LogP) is 2.97. The van der Waals surface area contributed by atoms with Crippen molar-refractivity contribution in [2.45, 2.75) is 11.8 Å². The lowest BCUT2D eigenvalue weighted by Crippen LogP contribution is -2.29. The maximum atomic E-state index is 12.4. The zero-order chi connectivity index (χ0) is 20.0. The minimum Gasteiger partial charge on any atom is -0.367 e. The summed E-state index contributed by atoms with van der Waals surface area (Å²) in [7, 11) is -3.64. The second kappa shape index (κ2) is 8.96. The van der Waals surface area contributed by atoms with Gasteiger partial charge in [-0.2, -0.15) is 0 Å². The molecule has 0 saturated carbocycles. The van der Waals surface area contributed by atoms with Crippen LogP contribution in [0.5, 0.6) is 0 Å². The van der Waals surface area contributed by atoms with E-state index in [9.17, 15) is 8.42 Å². The lowest BCUT2D eigenvalue weighted by Gasteiger charge is -2.11. The fourth-order valence-corrected chi connectivity index (χ4v) is 3.94. The Hall–Kier alpha value is -2.75. The Labute approximate surface area is 168 Å². The lowest BCUT2D eigenvalue weighted by molar-refractivity contribution is 0.582. The minimum atomic E-state index is -3.64. The average Bonchev–Trinajstić information content (AvgIpc) is 2.69. The summed E-state index contributed by atoms with van der Waals surface area (Å²) >= 11 is 6.00. The van der Waals surface area contributed by atoms with Crippen LogP contribution >= 0.6 is 11.6 Å². The van der Waals surface area contributed by atoms with Crippen molar-refractivity contribution in [1.29, 1.82) is 0 Å².